The summed E-state index contributed by atoms with van der Waals surface area (Å²) in [6.45, 7) is 0.166. The molecule has 0 aliphatic heterocycles. The molecule has 0 radical (unpaired) electrons. The smallest absolute Gasteiger partial charge is 0.207 e. The number of benzene rings is 1. The summed E-state index contributed by atoms with van der Waals surface area (Å²) in [6.07, 6.45) is 0. The van der Waals surface area contributed by atoms with Gasteiger partial charge in [0.15, 0.2) is 5.82 Å². The van der Waals surface area contributed by atoms with E-state index in [0.29, 0.717) is 0 Å². The average Bonchev–Trinajstić information content (AvgIpc) is 2.81. The maximum Gasteiger partial charge on any atom is 0.244 e. The van der Waals surface area contributed by atoms with E-state index in [9.17, 15) is 12.8 Å². The van der Waals surface area contributed by atoms with Crippen LogP contribution >= 0.6 is 50.5 Å². The second-order valence-electron chi connectivity index (χ2n) is 4.17. The highest BCUT2D eigenvalue weighted by Gasteiger charge is 2.26. The highest BCUT2D eigenvalue weighted by molar-refractivity contribution is 9.10. The molecule has 0 bridgehead atoms. The maximum absolute atomic E-state index is 13.7. The first-order valence-corrected chi connectivity index (χ1v) is 9.43. The summed E-state index contributed by atoms with van der Waals surface area (Å²) in [6, 6.07) is 4.19. The van der Waals surface area contributed by atoms with Crippen LogP contribution in [0.5, 0.6) is 0 Å². The lowest BCUT2D eigenvalue weighted by atomic mass is 10.3. The summed E-state index contributed by atoms with van der Waals surface area (Å²) in [5, 5.41) is 1.13. The Hall–Kier alpha value is -0.180. The Bertz CT molecular complexity index is 780. The first-order chi connectivity index (χ1) is 9.73. The van der Waals surface area contributed by atoms with Gasteiger partial charge in [0.25, 0.3) is 0 Å². The zero-order chi connectivity index (χ0) is 15.8. The third kappa shape index (κ3) is 3.60. The van der Waals surface area contributed by atoms with Crippen molar-refractivity contribution < 1.29 is 12.8 Å². The minimum atomic E-state index is -3.90. The van der Waals surface area contributed by atoms with Gasteiger partial charge in [0.05, 0.1) is 10.0 Å². The molecule has 21 heavy (non-hydrogen) atoms. The molecule has 9 heteroatoms. The van der Waals surface area contributed by atoms with Crippen LogP contribution in [0.4, 0.5) is 4.39 Å². The number of nitrogens with zero attached hydrogens (tertiary/aromatic N) is 1. The van der Waals surface area contributed by atoms with Crippen molar-refractivity contribution in [3.63, 3.8) is 0 Å². The largest absolute Gasteiger partial charge is 0.244 e. The van der Waals surface area contributed by atoms with E-state index in [2.05, 4.69) is 15.9 Å². The van der Waals surface area contributed by atoms with Gasteiger partial charge >= 0.3 is 0 Å². The standard InChI is InChI=1S/C12H9BrCl2FNO2S2/c1-17(5-8-4-7(13)6-20-8)21(18,19)10-3-2-9(14)12(16)11(10)15/h2-4,6H,5H2,1H3. The number of thiophene rings is 1. The molecule has 1 aromatic carbocycles. The number of rotatable bonds is 4. The van der Waals surface area contributed by atoms with Crippen LogP contribution in [0.15, 0.2) is 32.9 Å². The van der Waals surface area contributed by atoms with Crippen LogP contribution in [0.25, 0.3) is 0 Å². The Morgan fingerprint density at radius 2 is 2.05 bits per heavy atom. The van der Waals surface area contributed by atoms with E-state index in [0.717, 1.165) is 13.7 Å². The molecule has 114 valence electrons. The summed E-state index contributed by atoms with van der Waals surface area (Å²) < 4.78 is 40.6. The zero-order valence-electron chi connectivity index (χ0n) is 10.6. The van der Waals surface area contributed by atoms with Crippen LogP contribution in [0.3, 0.4) is 0 Å². The van der Waals surface area contributed by atoms with Crippen LogP contribution in [0.1, 0.15) is 4.88 Å². The molecule has 0 amide bonds. The van der Waals surface area contributed by atoms with Gasteiger partial charge in [-0.15, -0.1) is 11.3 Å². The molecule has 0 spiro atoms. The van der Waals surface area contributed by atoms with Gasteiger partial charge in [-0.05, 0) is 34.1 Å². The molecule has 0 fully saturated rings. The lowest BCUT2D eigenvalue weighted by Crippen LogP contribution is -2.26. The van der Waals surface area contributed by atoms with Crippen LogP contribution in [-0.2, 0) is 16.6 Å². The number of halogens is 4. The van der Waals surface area contributed by atoms with Crippen molar-refractivity contribution in [3.05, 3.63) is 48.8 Å². The van der Waals surface area contributed by atoms with Gasteiger partial charge < -0.3 is 0 Å². The minimum absolute atomic E-state index is 0.166. The number of hydrogen-bond donors (Lipinski definition) is 0. The fraction of sp³-hybridized carbons (Fsp3) is 0.167. The van der Waals surface area contributed by atoms with E-state index in [4.69, 9.17) is 23.2 Å². The number of hydrogen-bond acceptors (Lipinski definition) is 3. The normalized spacial score (nSPS) is 12.1. The lowest BCUT2D eigenvalue weighted by molar-refractivity contribution is 0.469. The van der Waals surface area contributed by atoms with Gasteiger partial charge in [0.2, 0.25) is 10.0 Å². The molecular weight excluding hydrogens is 424 g/mol. The van der Waals surface area contributed by atoms with E-state index in [1.807, 2.05) is 11.4 Å². The van der Waals surface area contributed by atoms with Gasteiger partial charge in [-0.1, -0.05) is 23.2 Å². The summed E-state index contributed by atoms with van der Waals surface area (Å²) >= 11 is 16.1. The van der Waals surface area contributed by atoms with Crippen LogP contribution in [-0.4, -0.2) is 19.8 Å². The highest BCUT2D eigenvalue weighted by atomic mass is 79.9. The van der Waals surface area contributed by atoms with Crippen molar-refractivity contribution >= 4 is 60.5 Å². The Kier molecular flexibility index (Phi) is 5.33. The second-order valence-corrected chi connectivity index (χ2v) is 8.88. The molecule has 3 nitrogen and oxygen atoms in total. The van der Waals surface area contributed by atoms with Crippen molar-refractivity contribution in [2.24, 2.45) is 0 Å². The van der Waals surface area contributed by atoms with E-state index in [-0.39, 0.29) is 16.5 Å². The van der Waals surface area contributed by atoms with Gasteiger partial charge in [-0.3, -0.25) is 0 Å². The maximum atomic E-state index is 13.7. The highest BCUT2D eigenvalue weighted by Crippen LogP contribution is 2.32. The number of sulfonamides is 1. The SMILES string of the molecule is CN(Cc1cc(Br)cs1)S(=O)(=O)c1ccc(Cl)c(F)c1Cl. The summed E-state index contributed by atoms with van der Waals surface area (Å²) in [7, 11) is -2.50. The fourth-order valence-electron chi connectivity index (χ4n) is 1.62. The molecule has 2 rings (SSSR count). The van der Waals surface area contributed by atoms with Gasteiger partial charge in [0.1, 0.15) is 4.90 Å². The van der Waals surface area contributed by atoms with E-state index >= 15 is 0 Å². The average molecular weight is 433 g/mol. The van der Waals surface area contributed by atoms with Gasteiger partial charge in [-0.25, -0.2) is 12.8 Å². The van der Waals surface area contributed by atoms with E-state index < -0.39 is 20.9 Å². The molecule has 0 saturated heterocycles. The first kappa shape index (κ1) is 17.2. The van der Waals surface area contributed by atoms with E-state index in [1.165, 1.54) is 30.5 Å². The van der Waals surface area contributed by atoms with Crippen molar-refractivity contribution in [2.45, 2.75) is 11.4 Å². The van der Waals surface area contributed by atoms with Crippen molar-refractivity contribution in [2.75, 3.05) is 7.05 Å². The predicted molar refractivity (Wildman–Crippen MR) is 87.1 cm³/mol. The zero-order valence-corrected chi connectivity index (χ0v) is 15.3. The molecular formula is C12H9BrCl2FNO2S2. The summed E-state index contributed by atoms with van der Waals surface area (Å²) in [4.78, 5) is 0.544. The summed E-state index contributed by atoms with van der Waals surface area (Å²) in [5.74, 6) is -0.938. The molecule has 0 aliphatic rings. The molecule has 0 aliphatic carbocycles. The molecule has 1 heterocycles. The van der Waals surface area contributed by atoms with Crippen LogP contribution in [0, 0.1) is 5.82 Å². The molecule has 2 aromatic rings. The van der Waals surface area contributed by atoms with Crippen molar-refractivity contribution in [1.82, 2.24) is 4.31 Å². The van der Waals surface area contributed by atoms with Crippen LogP contribution < -0.4 is 0 Å². The van der Waals surface area contributed by atoms with E-state index in [1.54, 1.807) is 0 Å². The topological polar surface area (TPSA) is 37.4 Å². The molecule has 0 unspecified atom stereocenters. The summed E-state index contributed by atoms with van der Waals surface area (Å²) in [5.41, 5.74) is 0. The Morgan fingerprint density at radius 3 is 2.62 bits per heavy atom. The predicted octanol–water partition coefficient (Wildman–Crippen LogP) is 4.78. The molecule has 0 atom stereocenters. The molecule has 0 saturated carbocycles. The van der Waals surface area contributed by atoms with Crippen molar-refractivity contribution in [3.8, 4) is 0 Å². The molecule has 0 N–H and O–H groups in total. The minimum Gasteiger partial charge on any atom is -0.207 e. The fourth-order valence-corrected chi connectivity index (χ4v) is 5.07. The van der Waals surface area contributed by atoms with Gasteiger partial charge in [-0.2, -0.15) is 4.31 Å². The Labute approximate surface area is 144 Å². The second kappa shape index (κ2) is 6.52. The quantitative estimate of drug-likeness (QED) is 0.652. The third-order valence-corrected chi connectivity index (χ3v) is 6.99. The first-order valence-electron chi connectivity index (χ1n) is 5.56. The molecule has 1 aromatic heterocycles. The monoisotopic (exact) mass is 431 g/mol. The Morgan fingerprint density at radius 1 is 1.38 bits per heavy atom. The van der Waals surface area contributed by atoms with Crippen molar-refractivity contribution in [1.29, 1.82) is 0 Å². The van der Waals surface area contributed by atoms with Crippen LogP contribution in [0.2, 0.25) is 10.0 Å². The third-order valence-electron chi connectivity index (χ3n) is 2.69. The van der Waals surface area contributed by atoms with Gasteiger partial charge in [0, 0.05) is 28.3 Å². The lowest BCUT2D eigenvalue weighted by Gasteiger charge is -2.17. The Balaban J connectivity index is 2.35.